The van der Waals surface area contributed by atoms with Crippen LogP contribution >= 0.6 is 15.9 Å². The summed E-state index contributed by atoms with van der Waals surface area (Å²) in [5.74, 6) is -1.10. The van der Waals surface area contributed by atoms with Gasteiger partial charge in [0, 0.05) is 18.7 Å². The van der Waals surface area contributed by atoms with E-state index in [2.05, 4.69) is 15.9 Å². The molecule has 1 atom stereocenters. The van der Waals surface area contributed by atoms with Crippen molar-refractivity contribution in [1.29, 1.82) is 0 Å². The van der Waals surface area contributed by atoms with Crippen LogP contribution in [0.3, 0.4) is 0 Å². The van der Waals surface area contributed by atoms with Crippen molar-refractivity contribution in [3.05, 3.63) is 93.0 Å². The molecule has 39 heavy (non-hydrogen) atoms. The number of ketones is 1. The summed E-state index contributed by atoms with van der Waals surface area (Å²) in [4.78, 5) is 29.8. The molecule has 1 heterocycles. The van der Waals surface area contributed by atoms with Crippen LogP contribution in [0, 0.1) is 6.92 Å². The first-order valence-electron chi connectivity index (χ1n) is 12.4. The lowest BCUT2D eigenvalue weighted by atomic mass is 9.95. The van der Waals surface area contributed by atoms with Gasteiger partial charge in [-0.15, -0.1) is 0 Å². The lowest BCUT2D eigenvalue weighted by Gasteiger charge is -2.27. The number of phenols is 1. The first-order valence-corrected chi connectivity index (χ1v) is 13.2. The molecule has 3 aromatic carbocycles. The molecule has 0 saturated carbocycles. The van der Waals surface area contributed by atoms with E-state index < -0.39 is 17.7 Å². The molecule has 2 N–H and O–H groups in total. The van der Waals surface area contributed by atoms with Crippen LogP contribution in [0.5, 0.6) is 17.2 Å². The number of ether oxygens (including phenoxy) is 2. The highest BCUT2D eigenvalue weighted by atomic mass is 79.9. The summed E-state index contributed by atoms with van der Waals surface area (Å²) in [7, 11) is 5.15. The molecule has 1 amide bonds. The Morgan fingerprint density at radius 3 is 2.44 bits per heavy atom. The van der Waals surface area contributed by atoms with Gasteiger partial charge in [0.2, 0.25) is 0 Å². The number of rotatable bonds is 9. The number of likely N-dealkylation sites (N-methyl/N-ethyl adjacent to an activating group) is 1. The third-order valence-corrected chi connectivity index (χ3v) is 7.13. The summed E-state index contributed by atoms with van der Waals surface area (Å²) in [6.07, 6.45) is 0. The molecular weight excluding hydrogens is 564 g/mol. The average Bonchev–Trinajstić information content (AvgIpc) is 3.17. The fourth-order valence-electron chi connectivity index (χ4n) is 4.51. The van der Waals surface area contributed by atoms with Gasteiger partial charge in [0.25, 0.3) is 11.7 Å². The Hall–Kier alpha value is -3.82. The third-order valence-electron chi connectivity index (χ3n) is 6.53. The molecule has 204 valence electrons. The van der Waals surface area contributed by atoms with Gasteiger partial charge in [0.05, 0.1) is 23.2 Å². The molecule has 1 aliphatic rings. The number of likely N-dealkylation sites (tertiary alicyclic amines) is 1. The van der Waals surface area contributed by atoms with Crippen molar-refractivity contribution in [3.8, 4) is 17.2 Å². The van der Waals surface area contributed by atoms with Gasteiger partial charge in [-0.1, -0.05) is 29.8 Å². The summed E-state index contributed by atoms with van der Waals surface area (Å²) in [5, 5.41) is 21.7. The van der Waals surface area contributed by atoms with E-state index >= 15 is 0 Å². The number of aromatic hydroxyl groups is 1. The highest BCUT2D eigenvalue weighted by Crippen LogP contribution is 2.44. The van der Waals surface area contributed by atoms with E-state index in [1.165, 1.54) is 12.0 Å². The quantitative estimate of drug-likeness (QED) is 0.203. The number of aryl methyl sites for hydroxylation is 1. The van der Waals surface area contributed by atoms with Crippen molar-refractivity contribution in [1.82, 2.24) is 9.80 Å². The molecule has 1 aliphatic heterocycles. The largest absolute Gasteiger partial charge is 0.507 e. The Morgan fingerprint density at radius 1 is 1.08 bits per heavy atom. The molecule has 0 aromatic heterocycles. The predicted molar refractivity (Wildman–Crippen MR) is 152 cm³/mol. The summed E-state index contributed by atoms with van der Waals surface area (Å²) in [6.45, 7) is 3.17. The van der Waals surface area contributed by atoms with Gasteiger partial charge < -0.3 is 29.5 Å². The molecule has 0 spiro atoms. The van der Waals surface area contributed by atoms with Crippen molar-refractivity contribution in [2.24, 2.45) is 0 Å². The Labute approximate surface area is 236 Å². The number of nitrogens with zero attached hydrogens (tertiary/aromatic N) is 2. The highest BCUT2D eigenvalue weighted by molar-refractivity contribution is 9.10. The number of amides is 1. The minimum absolute atomic E-state index is 0.0353. The van der Waals surface area contributed by atoms with Crippen molar-refractivity contribution in [2.45, 2.75) is 19.6 Å². The first-order chi connectivity index (χ1) is 18.6. The smallest absolute Gasteiger partial charge is 0.295 e. The minimum Gasteiger partial charge on any atom is -0.507 e. The molecule has 0 aliphatic carbocycles. The molecule has 3 aromatic rings. The average molecular weight is 595 g/mol. The molecule has 1 unspecified atom stereocenters. The number of Topliss-reactive ketones (excluding diaryl/α,β-unsaturated/α-hetero) is 1. The molecule has 0 bridgehead atoms. The zero-order valence-corrected chi connectivity index (χ0v) is 23.9. The first kappa shape index (κ1) is 28.2. The number of hydrogen-bond donors (Lipinski definition) is 2. The van der Waals surface area contributed by atoms with Gasteiger partial charge in [-0.05, 0) is 84.5 Å². The van der Waals surface area contributed by atoms with Gasteiger partial charge in [-0.3, -0.25) is 9.59 Å². The zero-order chi connectivity index (χ0) is 28.3. The van der Waals surface area contributed by atoms with Crippen molar-refractivity contribution in [3.63, 3.8) is 0 Å². The highest BCUT2D eigenvalue weighted by Gasteiger charge is 2.46. The molecule has 8 nitrogen and oxygen atoms in total. The van der Waals surface area contributed by atoms with Crippen LogP contribution in [0.1, 0.15) is 28.3 Å². The van der Waals surface area contributed by atoms with E-state index in [0.29, 0.717) is 34.5 Å². The Balaban J connectivity index is 1.71. The van der Waals surface area contributed by atoms with Gasteiger partial charge in [0.1, 0.15) is 18.1 Å². The SMILES string of the molecule is COc1cc(C2/C(=C(\O)c3ccc(OCc4cccc(C)c4)cc3)C(=O)C(=O)N2CCN(C)C)cc(Br)c1O. The Bertz CT molecular complexity index is 1420. The number of halogens is 1. The number of benzene rings is 3. The third kappa shape index (κ3) is 6.10. The van der Waals surface area contributed by atoms with Crippen molar-refractivity contribution in [2.75, 3.05) is 34.3 Å². The topological polar surface area (TPSA) is 99.5 Å². The fourth-order valence-corrected chi connectivity index (χ4v) is 4.97. The van der Waals surface area contributed by atoms with Gasteiger partial charge in [-0.25, -0.2) is 0 Å². The van der Waals surface area contributed by atoms with Crippen LogP contribution in [0.15, 0.2) is 70.7 Å². The van der Waals surface area contributed by atoms with Gasteiger partial charge in [0.15, 0.2) is 11.5 Å². The van der Waals surface area contributed by atoms with E-state index in [-0.39, 0.29) is 29.4 Å². The summed E-state index contributed by atoms with van der Waals surface area (Å²) >= 11 is 3.32. The summed E-state index contributed by atoms with van der Waals surface area (Å²) < 4.78 is 11.5. The zero-order valence-electron chi connectivity index (χ0n) is 22.3. The number of carbonyl (C=O) groups excluding carboxylic acids is 2. The molecule has 0 radical (unpaired) electrons. The second-order valence-electron chi connectivity index (χ2n) is 9.65. The van der Waals surface area contributed by atoms with Crippen LogP contribution in [-0.2, 0) is 16.2 Å². The molecule has 1 saturated heterocycles. The van der Waals surface area contributed by atoms with E-state index in [1.54, 1.807) is 36.4 Å². The van der Waals surface area contributed by atoms with Crippen molar-refractivity contribution >= 4 is 33.4 Å². The number of carbonyl (C=O) groups is 2. The number of hydrogen-bond acceptors (Lipinski definition) is 7. The van der Waals surface area contributed by atoms with Crippen LogP contribution < -0.4 is 9.47 Å². The molecular formula is C30H31BrN2O6. The van der Waals surface area contributed by atoms with Crippen molar-refractivity contribution < 1.29 is 29.3 Å². The fraction of sp³-hybridized carbons (Fsp3) is 0.267. The molecule has 4 rings (SSSR count). The normalized spacial score (nSPS) is 16.7. The Morgan fingerprint density at radius 2 is 1.79 bits per heavy atom. The number of methoxy groups -OCH3 is 1. The van der Waals surface area contributed by atoms with Crippen LogP contribution in [-0.4, -0.2) is 66.0 Å². The van der Waals surface area contributed by atoms with E-state index in [4.69, 9.17) is 9.47 Å². The van der Waals surface area contributed by atoms with Crippen LogP contribution in [0.4, 0.5) is 0 Å². The lowest BCUT2D eigenvalue weighted by Crippen LogP contribution is -2.35. The molecule has 9 heteroatoms. The molecule has 1 fully saturated rings. The monoisotopic (exact) mass is 594 g/mol. The predicted octanol–water partition coefficient (Wildman–Crippen LogP) is 5.03. The number of phenolic OH excluding ortho intramolecular Hbond substituents is 1. The second kappa shape index (κ2) is 11.9. The standard InChI is InChI=1S/C30H31BrN2O6/c1-18-6-5-7-19(14-18)17-39-22-10-8-20(9-11-22)27(34)25-26(21-15-23(31)28(35)24(16-21)38-4)33(13-12-32(2)3)30(37)29(25)36/h5-11,14-16,26,34-35H,12-13,17H2,1-4H3/b27-25+. The summed E-state index contributed by atoms with van der Waals surface area (Å²) in [6, 6.07) is 17.1. The van der Waals surface area contributed by atoms with E-state index in [9.17, 15) is 19.8 Å². The number of aliphatic hydroxyl groups excluding tert-OH is 1. The van der Waals surface area contributed by atoms with Gasteiger partial charge >= 0.3 is 0 Å². The van der Waals surface area contributed by atoms with Gasteiger partial charge in [-0.2, -0.15) is 0 Å². The lowest BCUT2D eigenvalue weighted by molar-refractivity contribution is -0.140. The Kier molecular flexibility index (Phi) is 8.62. The maximum Gasteiger partial charge on any atom is 0.295 e. The summed E-state index contributed by atoms with van der Waals surface area (Å²) in [5.41, 5.74) is 3.03. The van der Waals surface area contributed by atoms with Crippen LogP contribution in [0.2, 0.25) is 0 Å². The minimum atomic E-state index is -0.881. The van der Waals surface area contributed by atoms with E-state index in [1.807, 2.05) is 50.2 Å². The number of aliphatic hydroxyl groups is 1. The maximum atomic E-state index is 13.3. The van der Waals surface area contributed by atoms with Crippen LogP contribution in [0.25, 0.3) is 5.76 Å². The van der Waals surface area contributed by atoms with E-state index in [0.717, 1.165) is 11.1 Å². The maximum absolute atomic E-state index is 13.3. The second-order valence-corrected chi connectivity index (χ2v) is 10.5.